The van der Waals surface area contributed by atoms with Crippen molar-refractivity contribution in [2.24, 2.45) is 11.8 Å². The lowest BCUT2D eigenvalue weighted by Gasteiger charge is -2.43. The highest BCUT2D eigenvalue weighted by molar-refractivity contribution is 7.99. The summed E-state index contributed by atoms with van der Waals surface area (Å²) >= 11 is 2.02. The monoisotopic (exact) mass is 412 g/mol. The smallest absolute Gasteiger partial charge is 0.225 e. The Kier molecular flexibility index (Phi) is 6.79. The van der Waals surface area contributed by atoms with E-state index in [0.29, 0.717) is 17.2 Å². The predicted octanol–water partition coefficient (Wildman–Crippen LogP) is 3.11. The lowest BCUT2D eigenvalue weighted by molar-refractivity contribution is -0.131. The van der Waals surface area contributed by atoms with Gasteiger partial charge in [0.25, 0.3) is 0 Å². The van der Waals surface area contributed by atoms with Crippen LogP contribution in [0.15, 0.2) is 24.3 Å². The van der Waals surface area contributed by atoms with E-state index in [1.54, 1.807) is 0 Å². The van der Waals surface area contributed by atoms with Crippen LogP contribution in [0.25, 0.3) is 0 Å². The Hall–Kier alpha value is -1.55. The average Bonchev–Trinajstić information content (AvgIpc) is 2.75. The van der Waals surface area contributed by atoms with Crippen molar-refractivity contribution in [2.75, 3.05) is 18.8 Å². The van der Waals surface area contributed by atoms with Gasteiger partial charge in [0, 0.05) is 23.6 Å². The van der Waals surface area contributed by atoms with Crippen molar-refractivity contribution in [1.29, 1.82) is 5.26 Å². The highest BCUT2D eigenvalue weighted by Gasteiger charge is 2.40. The van der Waals surface area contributed by atoms with Gasteiger partial charge in [0.05, 0.1) is 23.7 Å². The number of nitriles is 1. The maximum absolute atomic E-state index is 12.5. The maximum atomic E-state index is 12.5. The molecule has 2 saturated heterocycles. The number of carbonyl (C=O) groups excluding carboxylic acids is 1. The molecule has 1 saturated carbocycles. The first-order valence-electron chi connectivity index (χ1n) is 11.0. The minimum Gasteiger partial charge on any atom is -0.340 e. The van der Waals surface area contributed by atoms with Gasteiger partial charge < -0.3 is 5.32 Å². The third-order valence-electron chi connectivity index (χ3n) is 6.79. The number of piperidine rings is 1. The topological polar surface area (TPSA) is 68.2 Å². The molecule has 0 bridgehead atoms. The lowest BCUT2D eigenvalue weighted by Crippen LogP contribution is -2.65. The van der Waals surface area contributed by atoms with Crippen LogP contribution in [0.2, 0.25) is 0 Å². The van der Waals surface area contributed by atoms with Gasteiger partial charge >= 0.3 is 0 Å². The number of nitrogens with one attached hydrogen (secondary N) is 2. The molecule has 2 aliphatic heterocycles. The van der Waals surface area contributed by atoms with Crippen LogP contribution in [-0.2, 0) is 11.3 Å². The van der Waals surface area contributed by atoms with E-state index in [0.717, 1.165) is 37.4 Å². The van der Waals surface area contributed by atoms with E-state index >= 15 is 0 Å². The van der Waals surface area contributed by atoms with Gasteiger partial charge in [0.15, 0.2) is 0 Å². The lowest BCUT2D eigenvalue weighted by atomic mass is 9.76. The van der Waals surface area contributed by atoms with E-state index in [1.807, 2.05) is 23.9 Å². The van der Waals surface area contributed by atoms with Gasteiger partial charge in [-0.25, -0.2) is 0 Å². The third kappa shape index (κ3) is 5.14. The van der Waals surface area contributed by atoms with E-state index in [4.69, 9.17) is 5.26 Å². The van der Waals surface area contributed by atoms with Crippen molar-refractivity contribution in [2.45, 2.75) is 63.0 Å². The number of hydrogen-bond acceptors (Lipinski definition) is 5. The molecule has 29 heavy (non-hydrogen) atoms. The summed E-state index contributed by atoms with van der Waals surface area (Å²) in [6.07, 6.45) is 5.96. The minimum absolute atomic E-state index is 0.117. The molecular formula is C23H32N4OS. The van der Waals surface area contributed by atoms with Crippen LogP contribution in [0.3, 0.4) is 0 Å². The third-order valence-corrected chi connectivity index (χ3v) is 8.26. The molecule has 3 fully saturated rings. The molecule has 1 aliphatic carbocycles. The number of likely N-dealkylation sites (tertiary alicyclic amines) is 1. The molecule has 0 spiro atoms. The van der Waals surface area contributed by atoms with Crippen LogP contribution in [0.4, 0.5) is 0 Å². The maximum Gasteiger partial charge on any atom is 0.225 e. The molecule has 0 aromatic heterocycles. The molecule has 1 aromatic rings. The second kappa shape index (κ2) is 9.51. The predicted molar refractivity (Wildman–Crippen MR) is 117 cm³/mol. The van der Waals surface area contributed by atoms with Crippen molar-refractivity contribution in [3.63, 3.8) is 0 Å². The first-order valence-corrected chi connectivity index (χ1v) is 12.1. The van der Waals surface area contributed by atoms with Crippen molar-refractivity contribution < 1.29 is 4.79 Å². The number of thioether (sulfide) groups is 1. The highest BCUT2D eigenvalue weighted by atomic mass is 32.2. The Morgan fingerprint density at radius 2 is 1.93 bits per heavy atom. The summed E-state index contributed by atoms with van der Waals surface area (Å²) in [6.45, 7) is 5.48. The Bertz CT molecular complexity index is 738. The Morgan fingerprint density at radius 3 is 2.66 bits per heavy atom. The largest absolute Gasteiger partial charge is 0.340 e. The minimum atomic E-state index is 0.117. The number of amides is 1. The normalized spacial score (nSPS) is 31.0. The highest BCUT2D eigenvalue weighted by Crippen LogP contribution is 2.32. The Labute approximate surface area is 178 Å². The van der Waals surface area contributed by atoms with Crippen LogP contribution < -0.4 is 10.6 Å². The van der Waals surface area contributed by atoms with Crippen molar-refractivity contribution in [3.05, 3.63) is 35.4 Å². The van der Waals surface area contributed by atoms with Gasteiger partial charge in [-0.3, -0.25) is 15.0 Å². The SMILES string of the molecule is CC1CCCC2C(=O)NC(CSC3CCN(Cc4ccc(C#N)cc4)CC3)NC12. The summed E-state index contributed by atoms with van der Waals surface area (Å²) in [4.78, 5) is 15.0. The fraction of sp³-hybridized carbons (Fsp3) is 0.652. The van der Waals surface area contributed by atoms with Crippen molar-refractivity contribution in [1.82, 2.24) is 15.5 Å². The second-order valence-electron chi connectivity index (χ2n) is 8.89. The average molecular weight is 413 g/mol. The van der Waals surface area contributed by atoms with E-state index in [2.05, 4.69) is 40.7 Å². The molecule has 3 aliphatic rings. The molecule has 0 radical (unpaired) electrons. The molecule has 4 unspecified atom stereocenters. The van der Waals surface area contributed by atoms with Crippen molar-refractivity contribution in [3.8, 4) is 6.07 Å². The van der Waals surface area contributed by atoms with Gasteiger partial charge in [0.1, 0.15) is 0 Å². The van der Waals surface area contributed by atoms with Crippen LogP contribution in [0, 0.1) is 23.2 Å². The molecule has 2 N–H and O–H groups in total. The van der Waals surface area contributed by atoms with Crippen LogP contribution in [0.5, 0.6) is 0 Å². The zero-order valence-corrected chi connectivity index (χ0v) is 18.1. The van der Waals surface area contributed by atoms with E-state index in [-0.39, 0.29) is 18.0 Å². The summed E-state index contributed by atoms with van der Waals surface area (Å²) in [7, 11) is 0. The zero-order chi connectivity index (χ0) is 20.2. The molecular weight excluding hydrogens is 380 g/mol. The number of hydrogen-bond donors (Lipinski definition) is 2. The van der Waals surface area contributed by atoms with Gasteiger partial charge in [-0.1, -0.05) is 25.5 Å². The summed E-state index contributed by atoms with van der Waals surface area (Å²) in [6, 6.07) is 10.5. The quantitative estimate of drug-likeness (QED) is 0.778. The summed E-state index contributed by atoms with van der Waals surface area (Å²) in [5.41, 5.74) is 2.00. The van der Waals surface area contributed by atoms with Gasteiger partial charge in [-0.05, 0) is 62.4 Å². The first-order chi connectivity index (χ1) is 14.1. The van der Waals surface area contributed by atoms with Crippen LogP contribution >= 0.6 is 11.8 Å². The molecule has 4 rings (SSSR count). The summed E-state index contributed by atoms with van der Waals surface area (Å²) < 4.78 is 0. The second-order valence-corrected chi connectivity index (χ2v) is 10.2. The van der Waals surface area contributed by atoms with Crippen molar-refractivity contribution >= 4 is 17.7 Å². The van der Waals surface area contributed by atoms with E-state index < -0.39 is 0 Å². The molecule has 156 valence electrons. The first kappa shape index (κ1) is 20.7. The molecule has 4 atom stereocenters. The fourth-order valence-corrected chi connectivity index (χ4v) is 6.23. The fourth-order valence-electron chi connectivity index (χ4n) is 5.04. The van der Waals surface area contributed by atoms with Gasteiger partial charge in [-0.15, -0.1) is 0 Å². The number of fused-ring (bicyclic) bond motifs is 1. The van der Waals surface area contributed by atoms with E-state index in [1.165, 1.54) is 31.2 Å². The molecule has 5 nitrogen and oxygen atoms in total. The van der Waals surface area contributed by atoms with Crippen LogP contribution in [0.1, 0.15) is 50.2 Å². The molecule has 1 aromatic carbocycles. The molecule has 6 heteroatoms. The Balaban J connectivity index is 1.20. The van der Waals surface area contributed by atoms with Crippen LogP contribution in [-0.4, -0.2) is 47.1 Å². The summed E-state index contributed by atoms with van der Waals surface area (Å²) in [5, 5.41) is 16.6. The molecule has 2 heterocycles. The van der Waals surface area contributed by atoms with Gasteiger partial charge in [0.2, 0.25) is 5.91 Å². The number of nitrogens with zero attached hydrogens (tertiary/aromatic N) is 2. The number of benzene rings is 1. The Morgan fingerprint density at radius 1 is 1.17 bits per heavy atom. The summed E-state index contributed by atoms with van der Waals surface area (Å²) in [5.74, 6) is 1.99. The number of carbonyl (C=O) groups is 1. The zero-order valence-electron chi connectivity index (χ0n) is 17.3. The van der Waals surface area contributed by atoms with Gasteiger partial charge in [-0.2, -0.15) is 17.0 Å². The molecule has 1 amide bonds. The van der Waals surface area contributed by atoms with E-state index in [9.17, 15) is 4.79 Å². The standard InChI is InChI=1S/C23H32N4OS/c1-16-3-2-4-20-22(16)25-21(26-23(20)28)15-29-19-9-11-27(12-10-19)14-18-7-5-17(13-24)6-8-18/h5-8,16,19-22,25H,2-4,9-12,14-15H2,1H3,(H,26,28). The number of rotatable bonds is 5.